The molecule has 0 saturated carbocycles. The average molecular weight is 225 g/mol. The molecule has 1 N–H and O–H groups in total. The zero-order valence-corrected chi connectivity index (χ0v) is 10.9. The molecular weight excluding hydrogens is 202 g/mol. The van der Waals surface area contributed by atoms with Gasteiger partial charge in [-0.1, -0.05) is 32.9 Å². The summed E-state index contributed by atoms with van der Waals surface area (Å²) in [5.74, 6) is 2.51. The first-order valence-corrected chi connectivity index (χ1v) is 6.06. The monoisotopic (exact) mass is 225 g/mol. The minimum atomic E-state index is 0.333. The molecule has 1 unspecified atom stereocenters. The second-order valence-corrected chi connectivity index (χ2v) is 4.94. The lowest BCUT2D eigenvalue weighted by atomic mass is 10.1. The molecule has 1 rings (SSSR count). The number of rotatable bonds is 6. The second kappa shape index (κ2) is 5.99. The lowest BCUT2D eigenvalue weighted by Crippen LogP contribution is -2.32. The standard InChI is InChI=1S/C12H23N3O/c1-8(2)10(5)13-7-6-11-14-12(9(3)4)15-16-11/h8-10,13H,6-7H2,1-5H3. The highest BCUT2D eigenvalue weighted by atomic mass is 16.5. The summed E-state index contributed by atoms with van der Waals surface area (Å²) in [7, 11) is 0. The summed E-state index contributed by atoms with van der Waals surface area (Å²) in [6.07, 6.45) is 0.802. The largest absolute Gasteiger partial charge is 0.339 e. The summed E-state index contributed by atoms with van der Waals surface area (Å²) in [6.45, 7) is 11.6. The molecule has 1 aromatic rings. The van der Waals surface area contributed by atoms with E-state index in [0.717, 1.165) is 24.7 Å². The Kier molecular flexibility index (Phi) is 4.93. The molecule has 0 radical (unpaired) electrons. The van der Waals surface area contributed by atoms with Gasteiger partial charge in [0.05, 0.1) is 0 Å². The van der Waals surface area contributed by atoms with Gasteiger partial charge in [0.15, 0.2) is 5.82 Å². The molecule has 92 valence electrons. The molecule has 1 atom stereocenters. The van der Waals surface area contributed by atoms with Crippen molar-refractivity contribution in [2.75, 3.05) is 6.54 Å². The SMILES string of the molecule is CC(C)c1noc(CCNC(C)C(C)C)n1. The first-order chi connectivity index (χ1) is 7.50. The zero-order valence-electron chi connectivity index (χ0n) is 10.9. The Hall–Kier alpha value is -0.900. The van der Waals surface area contributed by atoms with Crippen molar-refractivity contribution in [3.8, 4) is 0 Å². The van der Waals surface area contributed by atoms with Crippen LogP contribution in [0.4, 0.5) is 0 Å². The molecule has 0 spiro atoms. The lowest BCUT2D eigenvalue weighted by Gasteiger charge is -2.16. The third kappa shape index (κ3) is 3.93. The quantitative estimate of drug-likeness (QED) is 0.807. The minimum Gasteiger partial charge on any atom is -0.339 e. The molecule has 0 aromatic carbocycles. The zero-order chi connectivity index (χ0) is 12.1. The Balaban J connectivity index is 2.32. The van der Waals surface area contributed by atoms with E-state index in [2.05, 4.69) is 50.1 Å². The Labute approximate surface area is 97.8 Å². The Morgan fingerprint density at radius 3 is 2.38 bits per heavy atom. The van der Waals surface area contributed by atoms with Gasteiger partial charge in [0.2, 0.25) is 5.89 Å². The summed E-state index contributed by atoms with van der Waals surface area (Å²) in [5, 5.41) is 7.38. The number of hydrogen-bond acceptors (Lipinski definition) is 4. The normalized spacial score (nSPS) is 13.7. The van der Waals surface area contributed by atoms with Crippen LogP contribution in [-0.4, -0.2) is 22.7 Å². The number of aromatic nitrogens is 2. The maximum Gasteiger partial charge on any atom is 0.227 e. The van der Waals surface area contributed by atoms with Crippen molar-refractivity contribution in [2.45, 2.75) is 53.0 Å². The van der Waals surface area contributed by atoms with Crippen molar-refractivity contribution in [2.24, 2.45) is 5.92 Å². The van der Waals surface area contributed by atoms with Crippen LogP contribution in [0.5, 0.6) is 0 Å². The Morgan fingerprint density at radius 2 is 1.88 bits per heavy atom. The molecule has 0 aliphatic carbocycles. The van der Waals surface area contributed by atoms with Crippen LogP contribution >= 0.6 is 0 Å². The fourth-order valence-electron chi connectivity index (χ4n) is 1.25. The topological polar surface area (TPSA) is 51.0 Å². The summed E-state index contributed by atoms with van der Waals surface area (Å²) in [4.78, 5) is 4.33. The molecule has 4 heteroatoms. The van der Waals surface area contributed by atoms with E-state index in [1.165, 1.54) is 0 Å². The van der Waals surface area contributed by atoms with Crippen LogP contribution in [0.1, 0.15) is 52.3 Å². The summed E-state index contributed by atoms with van der Waals surface area (Å²) >= 11 is 0. The van der Waals surface area contributed by atoms with Gasteiger partial charge >= 0.3 is 0 Å². The van der Waals surface area contributed by atoms with E-state index in [9.17, 15) is 0 Å². The van der Waals surface area contributed by atoms with Crippen molar-refractivity contribution in [3.63, 3.8) is 0 Å². The number of hydrogen-bond donors (Lipinski definition) is 1. The van der Waals surface area contributed by atoms with Gasteiger partial charge in [-0.05, 0) is 12.8 Å². The van der Waals surface area contributed by atoms with E-state index in [1.807, 2.05) is 0 Å². The van der Waals surface area contributed by atoms with Gasteiger partial charge in [-0.3, -0.25) is 0 Å². The van der Waals surface area contributed by atoms with Gasteiger partial charge in [-0.25, -0.2) is 0 Å². The highest BCUT2D eigenvalue weighted by Crippen LogP contribution is 2.09. The predicted molar refractivity (Wildman–Crippen MR) is 64.4 cm³/mol. The number of nitrogens with one attached hydrogen (secondary N) is 1. The highest BCUT2D eigenvalue weighted by molar-refractivity contribution is 4.92. The predicted octanol–water partition coefficient (Wildman–Crippen LogP) is 2.37. The molecule has 0 fully saturated rings. The van der Waals surface area contributed by atoms with Crippen molar-refractivity contribution >= 4 is 0 Å². The van der Waals surface area contributed by atoms with Crippen molar-refractivity contribution in [3.05, 3.63) is 11.7 Å². The molecule has 0 saturated heterocycles. The fraction of sp³-hybridized carbons (Fsp3) is 0.833. The Morgan fingerprint density at radius 1 is 1.19 bits per heavy atom. The molecule has 0 aliphatic rings. The van der Waals surface area contributed by atoms with E-state index < -0.39 is 0 Å². The highest BCUT2D eigenvalue weighted by Gasteiger charge is 2.10. The number of nitrogens with zero attached hydrogens (tertiary/aromatic N) is 2. The van der Waals surface area contributed by atoms with E-state index in [0.29, 0.717) is 17.9 Å². The van der Waals surface area contributed by atoms with Crippen molar-refractivity contribution in [1.82, 2.24) is 15.5 Å². The van der Waals surface area contributed by atoms with Gasteiger partial charge in [-0.15, -0.1) is 0 Å². The van der Waals surface area contributed by atoms with Gasteiger partial charge in [-0.2, -0.15) is 4.98 Å². The third-order valence-electron chi connectivity index (χ3n) is 2.81. The van der Waals surface area contributed by atoms with E-state index >= 15 is 0 Å². The van der Waals surface area contributed by atoms with E-state index in [4.69, 9.17) is 4.52 Å². The fourth-order valence-corrected chi connectivity index (χ4v) is 1.25. The van der Waals surface area contributed by atoms with Crippen LogP contribution in [-0.2, 0) is 6.42 Å². The molecule has 1 aromatic heterocycles. The molecule has 4 nitrogen and oxygen atoms in total. The molecule has 1 heterocycles. The maximum absolute atomic E-state index is 5.17. The van der Waals surface area contributed by atoms with E-state index in [-0.39, 0.29) is 0 Å². The molecule has 0 aliphatic heterocycles. The molecule has 16 heavy (non-hydrogen) atoms. The van der Waals surface area contributed by atoms with Crippen LogP contribution in [0.2, 0.25) is 0 Å². The maximum atomic E-state index is 5.17. The van der Waals surface area contributed by atoms with Crippen LogP contribution in [0, 0.1) is 5.92 Å². The van der Waals surface area contributed by atoms with Crippen molar-refractivity contribution in [1.29, 1.82) is 0 Å². The summed E-state index contributed by atoms with van der Waals surface area (Å²) in [6, 6.07) is 0.521. The van der Waals surface area contributed by atoms with Crippen LogP contribution in [0.15, 0.2) is 4.52 Å². The average Bonchev–Trinajstić information content (AvgIpc) is 2.66. The summed E-state index contributed by atoms with van der Waals surface area (Å²) in [5.41, 5.74) is 0. The first-order valence-electron chi connectivity index (χ1n) is 6.06. The van der Waals surface area contributed by atoms with Gasteiger partial charge in [0.25, 0.3) is 0 Å². The second-order valence-electron chi connectivity index (χ2n) is 4.94. The lowest BCUT2D eigenvalue weighted by molar-refractivity contribution is 0.360. The molecule has 0 amide bonds. The third-order valence-corrected chi connectivity index (χ3v) is 2.81. The van der Waals surface area contributed by atoms with Crippen LogP contribution < -0.4 is 5.32 Å². The van der Waals surface area contributed by atoms with E-state index in [1.54, 1.807) is 0 Å². The minimum absolute atomic E-state index is 0.333. The molecule has 0 bridgehead atoms. The van der Waals surface area contributed by atoms with Crippen molar-refractivity contribution < 1.29 is 4.52 Å². The first kappa shape index (κ1) is 13.2. The molecular formula is C12H23N3O. The van der Waals surface area contributed by atoms with Gasteiger partial charge < -0.3 is 9.84 Å². The Bertz CT molecular complexity index is 307. The summed E-state index contributed by atoms with van der Waals surface area (Å²) < 4.78 is 5.17. The van der Waals surface area contributed by atoms with Gasteiger partial charge in [0.1, 0.15) is 0 Å². The van der Waals surface area contributed by atoms with Crippen LogP contribution in [0.3, 0.4) is 0 Å². The smallest absolute Gasteiger partial charge is 0.227 e. The van der Waals surface area contributed by atoms with Gasteiger partial charge in [0, 0.05) is 24.9 Å². The van der Waals surface area contributed by atoms with Crippen LogP contribution in [0.25, 0.3) is 0 Å².